The van der Waals surface area contributed by atoms with E-state index in [0.717, 1.165) is 12.8 Å². The molecular formula is C17H21N3O4. The molecule has 3 rings (SSSR count). The summed E-state index contributed by atoms with van der Waals surface area (Å²) in [7, 11) is 1.38. The predicted octanol–water partition coefficient (Wildman–Crippen LogP) is 2.88. The fourth-order valence-electron chi connectivity index (χ4n) is 4.02. The van der Waals surface area contributed by atoms with Crippen molar-refractivity contribution >= 4 is 17.8 Å². The van der Waals surface area contributed by atoms with Gasteiger partial charge in [-0.3, -0.25) is 14.9 Å². The van der Waals surface area contributed by atoms with Crippen LogP contribution in [0, 0.1) is 27.4 Å². The highest BCUT2D eigenvalue weighted by atomic mass is 16.6. The molecule has 7 heteroatoms. The molecule has 2 saturated carbocycles. The van der Waals surface area contributed by atoms with E-state index in [2.05, 4.69) is 17.5 Å². The fraction of sp³-hybridized carbons (Fsp3) is 0.529. The average Bonchev–Trinajstić information content (AvgIpc) is 3.20. The van der Waals surface area contributed by atoms with E-state index in [1.165, 1.54) is 38.3 Å². The molecule has 24 heavy (non-hydrogen) atoms. The first-order chi connectivity index (χ1) is 11.5. The van der Waals surface area contributed by atoms with Crippen LogP contribution in [-0.2, 0) is 4.79 Å². The third-order valence-electron chi connectivity index (χ3n) is 5.40. The molecule has 2 aliphatic rings. The lowest BCUT2D eigenvalue weighted by Crippen LogP contribution is -2.22. The number of nitro benzene ring substituents is 1. The lowest BCUT2D eigenvalue weighted by Gasteiger charge is -2.15. The minimum absolute atomic E-state index is 0.0438. The number of rotatable bonds is 5. The number of hydrogen-bond donors (Lipinski definition) is 1. The molecule has 1 aromatic carbocycles. The summed E-state index contributed by atoms with van der Waals surface area (Å²) in [6.07, 6.45) is 6.02. The van der Waals surface area contributed by atoms with Gasteiger partial charge in [-0.25, -0.2) is 5.43 Å². The predicted molar refractivity (Wildman–Crippen MR) is 88.9 cm³/mol. The van der Waals surface area contributed by atoms with Gasteiger partial charge in [-0.05, 0) is 36.3 Å². The summed E-state index contributed by atoms with van der Waals surface area (Å²) in [5, 5.41) is 15.0. The Morgan fingerprint density at radius 1 is 1.50 bits per heavy atom. The number of carbonyl (C=O) groups excluding carboxylic acids is 1. The molecule has 0 aromatic heterocycles. The van der Waals surface area contributed by atoms with Gasteiger partial charge in [-0.2, -0.15) is 5.10 Å². The summed E-state index contributed by atoms with van der Waals surface area (Å²) in [5.74, 6) is 0.658. The summed E-state index contributed by atoms with van der Waals surface area (Å²) in [4.78, 5) is 22.8. The quantitative estimate of drug-likeness (QED) is 0.510. The highest BCUT2D eigenvalue weighted by Gasteiger charge is 2.64. The first kappa shape index (κ1) is 16.4. The maximum absolute atomic E-state index is 12.3. The smallest absolute Gasteiger partial charge is 0.311 e. The van der Waals surface area contributed by atoms with Crippen LogP contribution in [0.1, 0.15) is 38.2 Å². The third kappa shape index (κ3) is 2.86. The lowest BCUT2D eigenvalue weighted by atomic mass is 9.90. The Balaban J connectivity index is 1.64. The van der Waals surface area contributed by atoms with E-state index in [0.29, 0.717) is 11.5 Å². The number of nitro groups is 1. The number of ether oxygens (including phenoxy) is 1. The van der Waals surface area contributed by atoms with E-state index < -0.39 is 4.92 Å². The van der Waals surface area contributed by atoms with Crippen LogP contribution in [0.25, 0.3) is 0 Å². The Morgan fingerprint density at radius 2 is 2.29 bits per heavy atom. The Labute approximate surface area is 140 Å². The molecule has 3 unspecified atom stereocenters. The van der Waals surface area contributed by atoms with Crippen LogP contribution >= 0.6 is 0 Å². The topological polar surface area (TPSA) is 93.8 Å². The van der Waals surface area contributed by atoms with Crippen LogP contribution in [0.3, 0.4) is 0 Å². The molecule has 0 heterocycles. The van der Waals surface area contributed by atoms with Gasteiger partial charge in [0, 0.05) is 17.5 Å². The summed E-state index contributed by atoms with van der Waals surface area (Å²) >= 11 is 0. The number of nitrogens with one attached hydrogen (secondary N) is 1. The van der Waals surface area contributed by atoms with Crippen molar-refractivity contribution in [2.75, 3.05) is 7.11 Å². The third-order valence-corrected chi connectivity index (χ3v) is 5.40. The van der Waals surface area contributed by atoms with Gasteiger partial charge >= 0.3 is 5.69 Å². The molecule has 1 aromatic rings. The van der Waals surface area contributed by atoms with Gasteiger partial charge in [-0.1, -0.05) is 19.8 Å². The van der Waals surface area contributed by atoms with Crippen LogP contribution in [0.15, 0.2) is 23.3 Å². The average molecular weight is 331 g/mol. The van der Waals surface area contributed by atoms with Crippen molar-refractivity contribution in [2.24, 2.45) is 22.4 Å². The van der Waals surface area contributed by atoms with E-state index in [1.54, 1.807) is 6.07 Å². The van der Waals surface area contributed by atoms with Crippen LogP contribution in [0.4, 0.5) is 5.69 Å². The van der Waals surface area contributed by atoms with E-state index >= 15 is 0 Å². The molecule has 0 saturated heterocycles. The van der Waals surface area contributed by atoms with E-state index in [9.17, 15) is 14.9 Å². The summed E-state index contributed by atoms with van der Waals surface area (Å²) in [6, 6.07) is 4.53. The van der Waals surface area contributed by atoms with Crippen molar-refractivity contribution in [1.29, 1.82) is 0 Å². The zero-order chi connectivity index (χ0) is 17.3. The maximum Gasteiger partial charge on any atom is 0.311 e. The van der Waals surface area contributed by atoms with E-state index in [-0.39, 0.29) is 28.7 Å². The van der Waals surface area contributed by atoms with Gasteiger partial charge in [0.15, 0.2) is 5.75 Å². The Morgan fingerprint density at radius 3 is 2.92 bits per heavy atom. The number of nitrogens with zero attached hydrogens (tertiary/aromatic N) is 2. The number of amides is 1. The van der Waals surface area contributed by atoms with E-state index in [4.69, 9.17) is 4.74 Å². The first-order valence-corrected chi connectivity index (χ1v) is 8.12. The molecule has 0 spiro atoms. The molecule has 1 N–H and O–H groups in total. The van der Waals surface area contributed by atoms with Gasteiger partial charge in [-0.15, -0.1) is 0 Å². The number of methoxy groups -OCH3 is 1. The van der Waals surface area contributed by atoms with Gasteiger partial charge in [0.2, 0.25) is 5.91 Å². The van der Waals surface area contributed by atoms with E-state index in [1.807, 2.05) is 0 Å². The van der Waals surface area contributed by atoms with Gasteiger partial charge in [0.25, 0.3) is 0 Å². The fourth-order valence-corrected chi connectivity index (χ4v) is 4.02. The first-order valence-electron chi connectivity index (χ1n) is 8.12. The minimum Gasteiger partial charge on any atom is -0.490 e. The Hall–Kier alpha value is -2.44. The van der Waals surface area contributed by atoms with Gasteiger partial charge < -0.3 is 4.74 Å². The number of carbonyl (C=O) groups is 1. The van der Waals surface area contributed by atoms with Crippen molar-refractivity contribution in [1.82, 2.24) is 5.43 Å². The van der Waals surface area contributed by atoms with Crippen LogP contribution in [0.5, 0.6) is 5.75 Å². The monoisotopic (exact) mass is 331 g/mol. The second-order valence-corrected chi connectivity index (χ2v) is 6.76. The minimum atomic E-state index is -0.509. The molecule has 0 aliphatic heterocycles. The largest absolute Gasteiger partial charge is 0.490 e. The normalized spacial score (nSPS) is 28.2. The number of fused-ring (bicyclic) bond motifs is 1. The van der Waals surface area contributed by atoms with Crippen molar-refractivity contribution in [3.05, 3.63) is 33.9 Å². The van der Waals surface area contributed by atoms with Gasteiger partial charge in [0.05, 0.1) is 18.2 Å². The van der Waals surface area contributed by atoms with Crippen molar-refractivity contribution in [2.45, 2.75) is 32.6 Å². The highest BCUT2D eigenvalue weighted by molar-refractivity contribution is 5.86. The van der Waals surface area contributed by atoms with Crippen molar-refractivity contribution in [3.8, 4) is 5.75 Å². The Bertz CT molecular complexity index is 703. The number of benzene rings is 1. The maximum atomic E-state index is 12.3. The summed E-state index contributed by atoms with van der Waals surface area (Å²) < 4.78 is 4.95. The zero-order valence-electron chi connectivity index (χ0n) is 13.8. The second-order valence-electron chi connectivity index (χ2n) is 6.76. The molecule has 2 fully saturated rings. The molecule has 0 radical (unpaired) electrons. The molecular weight excluding hydrogens is 310 g/mol. The molecule has 2 aliphatic carbocycles. The molecule has 7 nitrogen and oxygen atoms in total. The number of hydrogen-bond acceptors (Lipinski definition) is 5. The molecule has 0 bridgehead atoms. The molecule has 1 amide bonds. The zero-order valence-corrected chi connectivity index (χ0v) is 13.8. The van der Waals surface area contributed by atoms with Crippen LogP contribution in [0.2, 0.25) is 0 Å². The molecule has 128 valence electrons. The summed E-state index contributed by atoms with van der Waals surface area (Å²) in [5.41, 5.74) is 3.12. The molecule has 3 atom stereocenters. The highest BCUT2D eigenvalue weighted by Crippen LogP contribution is 2.66. The standard InChI is InChI=1S/C17H21N3O4/c1-17-8-4-3-5-12(17)15(17)16(21)19-18-10-11-6-7-14(24-2)13(9-11)20(22)23/h6-7,9-10,12,15H,3-5,8H2,1-2H3,(H,19,21)/b18-10+. The Kier molecular flexibility index (Phi) is 4.26. The van der Waals surface area contributed by atoms with Crippen LogP contribution < -0.4 is 10.2 Å². The van der Waals surface area contributed by atoms with Crippen molar-refractivity contribution < 1.29 is 14.5 Å². The van der Waals surface area contributed by atoms with Crippen LogP contribution in [-0.4, -0.2) is 24.2 Å². The van der Waals surface area contributed by atoms with Gasteiger partial charge in [0.1, 0.15) is 0 Å². The summed E-state index contributed by atoms with van der Waals surface area (Å²) in [6.45, 7) is 2.18. The number of hydrazone groups is 1. The SMILES string of the molecule is COc1ccc(/C=N/NC(=O)C2C3CCCCC32C)cc1[N+](=O)[O-]. The lowest BCUT2D eigenvalue weighted by molar-refractivity contribution is -0.385. The van der Waals surface area contributed by atoms with Crippen molar-refractivity contribution in [3.63, 3.8) is 0 Å². The second kappa shape index (κ2) is 6.22.